The Morgan fingerprint density at radius 2 is 2.20 bits per heavy atom. The van der Waals surface area contributed by atoms with Crippen molar-refractivity contribution in [3.63, 3.8) is 0 Å². The van der Waals surface area contributed by atoms with Gasteiger partial charge in [-0.3, -0.25) is 4.79 Å². The molecule has 4 nitrogen and oxygen atoms in total. The van der Waals surface area contributed by atoms with Crippen LogP contribution in [0.2, 0.25) is 0 Å². The zero-order chi connectivity index (χ0) is 11.4. The lowest BCUT2D eigenvalue weighted by Crippen LogP contribution is -2.10. The third-order valence-corrected chi connectivity index (χ3v) is 2.38. The molecule has 1 unspecified atom stereocenters. The number of aliphatic hydroxyl groups excluding tert-OH is 1. The van der Waals surface area contributed by atoms with Crippen LogP contribution >= 0.6 is 0 Å². The van der Waals surface area contributed by atoms with E-state index in [1.54, 1.807) is 25.1 Å². The van der Waals surface area contributed by atoms with Crippen LogP contribution in [0.3, 0.4) is 0 Å². The van der Waals surface area contributed by atoms with Gasteiger partial charge in [-0.15, -0.1) is 0 Å². The van der Waals surface area contributed by atoms with E-state index in [-0.39, 0.29) is 6.61 Å². The lowest BCUT2D eigenvalue weighted by atomic mass is 9.95. The first-order chi connectivity index (χ1) is 7.11. The topological polar surface area (TPSA) is 66.8 Å². The van der Waals surface area contributed by atoms with Crippen LogP contribution < -0.4 is 4.74 Å². The fourth-order valence-corrected chi connectivity index (χ4v) is 1.48. The SMILES string of the molecule is COc1cccc(C(C)C(=O)O)c1CO. The summed E-state index contributed by atoms with van der Waals surface area (Å²) in [5, 5.41) is 18.1. The molecular formula is C11H14O4. The summed E-state index contributed by atoms with van der Waals surface area (Å²) in [7, 11) is 1.49. The Balaban J connectivity index is 3.22. The van der Waals surface area contributed by atoms with Gasteiger partial charge in [0, 0.05) is 5.56 Å². The fourth-order valence-electron chi connectivity index (χ4n) is 1.48. The van der Waals surface area contributed by atoms with Gasteiger partial charge in [0.1, 0.15) is 5.75 Å². The van der Waals surface area contributed by atoms with Crippen LogP contribution in [0.1, 0.15) is 24.0 Å². The van der Waals surface area contributed by atoms with Crippen molar-refractivity contribution in [3.05, 3.63) is 29.3 Å². The Hall–Kier alpha value is -1.55. The van der Waals surface area contributed by atoms with Gasteiger partial charge in [0.05, 0.1) is 19.6 Å². The molecule has 1 aromatic rings. The number of carboxylic acid groups (broad SMARTS) is 1. The quantitative estimate of drug-likeness (QED) is 0.787. The Kier molecular flexibility index (Phi) is 3.68. The standard InChI is InChI=1S/C11H14O4/c1-7(11(13)14)8-4-3-5-10(15-2)9(8)6-12/h3-5,7,12H,6H2,1-2H3,(H,13,14). The Labute approximate surface area is 88.1 Å². The molecule has 15 heavy (non-hydrogen) atoms. The molecule has 0 spiro atoms. The predicted octanol–water partition coefficient (Wildman–Crippen LogP) is 1.38. The highest BCUT2D eigenvalue weighted by molar-refractivity contribution is 5.76. The van der Waals surface area contributed by atoms with Crippen molar-refractivity contribution in [3.8, 4) is 5.75 Å². The van der Waals surface area contributed by atoms with Gasteiger partial charge in [-0.2, -0.15) is 0 Å². The van der Waals surface area contributed by atoms with Gasteiger partial charge in [0.2, 0.25) is 0 Å². The van der Waals surface area contributed by atoms with E-state index in [1.165, 1.54) is 7.11 Å². The first kappa shape index (κ1) is 11.5. The third kappa shape index (κ3) is 2.27. The predicted molar refractivity (Wildman–Crippen MR) is 55.0 cm³/mol. The molecule has 0 bridgehead atoms. The molecule has 0 aromatic heterocycles. The molecule has 2 N–H and O–H groups in total. The van der Waals surface area contributed by atoms with Crippen molar-refractivity contribution < 1.29 is 19.7 Å². The van der Waals surface area contributed by atoms with Crippen molar-refractivity contribution in [2.24, 2.45) is 0 Å². The van der Waals surface area contributed by atoms with Gasteiger partial charge in [0.25, 0.3) is 0 Å². The molecule has 0 aliphatic carbocycles. The fraction of sp³-hybridized carbons (Fsp3) is 0.364. The normalized spacial score (nSPS) is 12.2. The Bertz CT molecular complexity index is 360. The van der Waals surface area contributed by atoms with Crippen molar-refractivity contribution in [2.75, 3.05) is 7.11 Å². The molecular weight excluding hydrogens is 196 g/mol. The minimum Gasteiger partial charge on any atom is -0.496 e. The molecule has 0 saturated heterocycles. The zero-order valence-corrected chi connectivity index (χ0v) is 8.73. The van der Waals surface area contributed by atoms with Crippen LogP contribution in [0.4, 0.5) is 0 Å². The van der Waals surface area contributed by atoms with Gasteiger partial charge < -0.3 is 14.9 Å². The van der Waals surface area contributed by atoms with Crippen LogP contribution in [-0.2, 0) is 11.4 Å². The van der Waals surface area contributed by atoms with E-state index in [0.29, 0.717) is 16.9 Å². The molecule has 0 fully saturated rings. The van der Waals surface area contributed by atoms with Crippen LogP contribution in [0, 0.1) is 0 Å². The first-order valence-electron chi connectivity index (χ1n) is 4.61. The summed E-state index contributed by atoms with van der Waals surface area (Å²) in [5.41, 5.74) is 1.12. The lowest BCUT2D eigenvalue weighted by molar-refractivity contribution is -0.138. The molecule has 0 heterocycles. The maximum absolute atomic E-state index is 10.8. The molecule has 0 saturated carbocycles. The van der Waals surface area contributed by atoms with Gasteiger partial charge >= 0.3 is 5.97 Å². The van der Waals surface area contributed by atoms with E-state index >= 15 is 0 Å². The number of carboxylic acids is 1. The molecule has 0 radical (unpaired) electrons. The summed E-state index contributed by atoms with van der Waals surface area (Å²) in [4.78, 5) is 10.8. The second kappa shape index (κ2) is 4.79. The largest absolute Gasteiger partial charge is 0.496 e. The summed E-state index contributed by atoms with van der Waals surface area (Å²) in [6, 6.07) is 5.10. The first-order valence-corrected chi connectivity index (χ1v) is 4.61. The lowest BCUT2D eigenvalue weighted by Gasteiger charge is -2.14. The number of aliphatic hydroxyl groups is 1. The van der Waals surface area contributed by atoms with E-state index in [4.69, 9.17) is 9.84 Å². The number of benzene rings is 1. The number of hydrogen-bond acceptors (Lipinski definition) is 3. The maximum Gasteiger partial charge on any atom is 0.310 e. The van der Waals surface area contributed by atoms with Gasteiger partial charge in [-0.05, 0) is 18.6 Å². The second-order valence-electron chi connectivity index (χ2n) is 3.25. The zero-order valence-electron chi connectivity index (χ0n) is 8.73. The van der Waals surface area contributed by atoms with Gasteiger partial charge in [-0.25, -0.2) is 0 Å². The van der Waals surface area contributed by atoms with Crippen molar-refractivity contribution in [1.82, 2.24) is 0 Å². The molecule has 1 atom stereocenters. The highest BCUT2D eigenvalue weighted by Crippen LogP contribution is 2.28. The van der Waals surface area contributed by atoms with Crippen molar-refractivity contribution in [1.29, 1.82) is 0 Å². The van der Waals surface area contributed by atoms with E-state index in [0.717, 1.165) is 0 Å². The summed E-state index contributed by atoms with van der Waals surface area (Å²) in [6.07, 6.45) is 0. The molecule has 1 aromatic carbocycles. The average Bonchev–Trinajstić information content (AvgIpc) is 2.26. The molecule has 0 amide bonds. The maximum atomic E-state index is 10.8. The minimum atomic E-state index is -0.919. The van der Waals surface area contributed by atoms with Gasteiger partial charge in [-0.1, -0.05) is 12.1 Å². The number of hydrogen-bond donors (Lipinski definition) is 2. The van der Waals surface area contributed by atoms with E-state index in [9.17, 15) is 9.90 Å². The van der Waals surface area contributed by atoms with Crippen molar-refractivity contribution >= 4 is 5.97 Å². The molecule has 1 rings (SSSR count). The highest BCUT2D eigenvalue weighted by atomic mass is 16.5. The van der Waals surface area contributed by atoms with Crippen molar-refractivity contribution in [2.45, 2.75) is 19.4 Å². The number of carbonyl (C=O) groups is 1. The molecule has 4 heteroatoms. The number of ether oxygens (including phenoxy) is 1. The van der Waals surface area contributed by atoms with Gasteiger partial charge in [0.15, 0.2) is 0 Å². The van der Waals surface area contributed by atoms with Crippen LogP contribution in [0.15, 0.2) is 18.2 Å². The third-order valence-electron chi connectivity index (χ3n) is 2.38. The molecule has 0 aliphatic rings. The Morgan fingerprint density at radius 3 is 2.67 bits per heavy atom. The summed E-state index contributed by atoms with van der Waals surface area (Å²) in [5.74, 6) is -1.05. The van der Waals surface area contributed by atoms with E-state index in [1.807, 2.05) is 0 Å². The molecule has 82 valence electrons. The Morgan fingerprint density at radius 1 is 1.53 bits per heavy atom. The van der Waals surface area contributed by atoms with E-state index < -0.39 is 11.9 Å². The van der Waals surface area contributed by atoms with Crippen LogP contribution in [-0.4, -0.2) is 23.3 Å². The second-order valence-corrected chi connectivity index (χ2v) is 3.25. The number of rotatable bonds is 4. The summed E-state index contributed by atoms with van der Waals surface area (Å²) < 4.78 is 5.05. The highest BCUT2D eigenvalue weighted by Gasteiger charge is 2.19. The smallest absolute Gasteiger partial charge is 0.310 e. The van der Waals surface area contributed by atoms with Crippen LogP contribution in [0.25, 0.3) is 0 Å². The average molecular weight is 210 g/mol. The number of methoxy groups -OCH3 is 1. The van der Waals surface area contributed by atoms with E-state index in [2.05, 4.69) is 0 Å². The summed E-state index contributed by atoms with van der Waals surface area (Å²) in [6.45, 7) is 1.35. The monoisotopic (exact) mass is 210 g/mol. The van der Waals surface area contributed by atoms with Crippen LogP contribution in [0.5, 0.6) is 5.75 Å². The minimum absolute atomic E-state index is 0.225. The molecule has 0 aliphatic heterocycles. The summed E-state index contributed by atoms with van der Waals surface area (Å²) >= 11 is 0. The number of aliphatic carboxylic acids is 1.